The monoisotopic (exact) mass is 449 g/mol. The molecule has 1 unspecified atom stereocenters. The first-order chi connectivity index (χ1) is 15.7. The van der Waals surface area contributed by atoms with Crippen LogP contribution < -0.4 is 16.4 Å². The zero-order chi connectivity index (χ0) is 23.6. The second-order valence-electron chi connectivity index (χ2n) is 9.38. The molecular weight excluding hydrogens is 420 g/mol. The van der Waals surface area contributed by atoms with Gasteiger partial charge in [-0.05, 0) is 90.9 Å². The van der Waals surface area contributed by atoms with E-state index < -0.39 is 0 Å². The van der Waals surface area contributed by atoms with Gasteiger partial charge in [0, 0.05) is 30.2 Å². The van der Waals surface area contributed by atoms with Crippen LogP contribution >= 0.6 is 0 Å². The molecule has 1 amide bonds. The van der Waals surface area contributed by atoms with Crippen LogP contribution in [0.1, 0.15) is 30.6 Å². The maximum Gasteiger partial charge on any atom is 0.251 e. The Morgan fingerprint density at radius 3 is 1.91 bits per heavy atom. The van der Waals surface area contributed by atoms with Gasteiger partial charge in [0.2, 0.25) is 0 Å². The van der Waals surface area contributed by atoms with Gasteiger partial charge in [0.1, 0.15) is 11.6 Å². The third-order valence-corrected chi connectivity index (χ3v) is 6.33. The molecule has 4 nitrogen and oxygen atoms in total. The lowest BCUT2D eigenvalue weighted by Gasteiger charge is -2.26. The molecule has 4 rings (SSSR count). The van der Waals surface area contributed by atoms with Crippen molar-refractivity contribution in [1.29, 1.82) is 0 Å². The molecule has 2 atom stereocenters. The summed E-state index contributed by atoms with van der Waals surface area (Å²) in [6, 6.07) is 17.9. The van der Waals surface area contributed by atoms with Crippen LogP contribution in [0.4, 0.5) is 8.78 Å². The van der Waals surface area contributed by atoms with Gasteiger partial charge in [-0.2, -0.15) is 0 Å². The van der Waals surface area contributed by atoms with Crippen molar-refractivity contribution in [3.63, 3.8) is 0 Å². The maximum atomic E-state index is 13.4. The topological polar surface area (TPSA) is 67.2 Å². The van der Waals surface area contributed by atoms with E-state index >= 15 is 0 Å². The van der Waals surface area contributed by atoms with Gasteiger partial charge < -0.3 is 16.4 Å². The number of nitrogens with one attached hydrogen (secondary N) is 2. The van der Waals surface area contributed by atoms with Crippen LogP contribution in [0.2, 0.25) is 0 Å². The van der Waals surface area contributed by atoms with Crippen molar-refractivity contribution < 1.29 is 13.6 Å². The number of halogens is 2. The molecular formula is C27H29F2N3O. The summed E-state index contributed by atoms with van der Waals surface area (Å²) in [5.41, 5.74) is 9.61. The fraction of sp³-hybridized carbons (Fsp3) is 0.296. The fourth-order valence-corrected chi connectivity index (χ4v) is 4.24. The fourth-order valence-electron chi connectivity index (χ4n) is 4.24. The van der Waals surface area contributed by atoms with Crippen LogP contribution in [0.3, 0.4) is 0 Å². The van der Waals surface area contributed by atoms with E-state index in [0.29, 0.717) is 18.0 Å². The van der Waals surface area contributed by atoms with Crippen molar-refractivity contribution in [2.75, 3.05) is 13.1 Å². The van der Waals surface area contributed by atoms with Crippen molar-refractivity contribution in [2.45, 2.75) is 31.8 Å². The Morgan fingerprint density at radius 1 is 0.939 bits per heavy atom. The summed E-state index contributed by atoms with van der Waals surface area (Å²) in [5, 5.41) is 6.47. The Morgan fingerprint density at radius 2 is 1.45 bits per heavy atom. The van der Waals surface area contributed by atoms with Crippen molar-refractivity contribution >= 4 is 5.91 Å². The molecule has 1 aliphatic heterocycles. The first-order valence-corrected chi connectivity index (χ1v) is 11.2. The molecule has 0 aromatic heterocycles. The molecule has 0 radical (unpaired) electrons. The lowest BCUT2D eigenvalue weighted by molar-refractivity contribution is 0.0950. The molecule has 3 aromatic rings. The molecule has 1 heterocycles. The lowest BCUT2D eigenvalue weighted by Crippen LogP contribution is -2.41. The first kappa shape index (κ1) is 23.1. The van der Waals surface area contributed by atoms with Gasteiger partial charge in [-0.15, -0.1) is 0 Å². The molecule has 33 heavy (non-hydrogen) atoms. The predicted octanol–water partition coefficient (Wildman–Crippen LogP) is 4.74. The van der Waals surface area contributed by atoms with Crippen molar-refractivity contribution in [2.24, 2.45) is 11.7 Å². The summed E-state index contributed by atoms with van der Waals surface area (Å²) in [6.45, 7) is 5.38. The lowest BCUT2D eigenvalue weighted by atomic mass is 9.86. The van der Waals surface area contributed by atoms with Crippen LogP contribution in [-0.2, 0) is 0 Å². The van der Waals surface area contributed by atoms with Gasteiger partial charge in [-0.3, -0.25) is 4.79 Å². The SMILES string of the molecule is CC(C)(N)C1CN[C@H](CNC(=O)c2cc(-c3ccc(F)cc3)cc(-c3ccc(F)cc3)c2)C1. The highest BCUT2D eigenvalue weighted by Crippen LogP contribution is 2.29. The van der Waals surface area contributed by atoms with Gasteiger partial charge >= 0.3 is 0 Å². The largest absolute Gasteiger partial charge is 0.350 e. The summed E-state index contributed by atoms with van der Waals surface area (Å²) in [4.78, 5) is 13.1. The molecule has 3 aromatic carbocycles. The van der Waals surface area contributed by atoms with Crippen LogP contribution in [0.25, 0.3) is 22.3 Å². The summed E-state index contributed by atoms with van der Waals surface area (Å²) in [5.74, 6) is -0.491. The minimum absolute atomic E-state index is 0.165. The zero-order valence-electron chi connectivity index (χ0n) is 18.9. The second-order valence-corrected chi connectivity index (χ2v) is 9.38. The summed E-state index contributed by atoms with van der Waals surface area (Å²) >= 11 is 0. The quantitative estimate of drug-likeness (QED) is 0.509. The number of benzene rings is 3. The zero-order valence-corrected chi connectivity index (χ0v) is 18.9. The molecule has 0 aliphatic carbocycles. The maximum absolute atomic E-state index is 13.4. The molecule has 0 bridgehead atoms. The smallest absolute Gasteiger partial charge is 0.251 e. The van der Waals surface area contributed by atoms with E-state index in [0.717, 1.165) is 35.2 Å². The van der Waals surface area contributed by atoms with E-state index in [1.807, 2.05) is 19.9 Å². The Bertz CT molecular complexity index is 1060. The van der Waals surface area contributed by atoms with Gasteiger partial charge in [0.25, 0.3) is 5.91 Å². The number of rotatable bonds is 6. The third-order valence-electron chi connectivity index (χ3n) is 6.33. The van der Waals surface area contributed by atoms with E-state index in [2.05, 4.69) is 10.6 Å². The Balaban J connectivity index is 1.58. The average molecular weight is 450 g/mol. The summed E-state index contributed by atoms with van der Waals surface area (Å²) < 4.78 is 26.9. The van der Waals surface area contributed by atoms with Crippen LogP contribution in [-0.4, -0.2) is 30.6 Å². The highest BCUT2D eigenvalue weighted by molar-refractivity contribution is 5.97. The minimum atomic E-state index is -0.325. The van der Waals surface area contributed by atoms with Crippen LogP contribution in [0, 0.1) is 17.6 Å². The van der Waals surface area contributed by atoms with Crippen molar-refractivity contribution in [3.05, 3.63) is 83.9 Å². The van der Waals surface area contributed by atoms with Crippen molar-refractivity contribution in [3.8, 4) is 22.3 Å². The van der Waals surface area contributed by atoms with Gasteiger partial charge in [-0.25, -0.2) is 8.78 Å². The van der Waals surface area contributed by atoms with E-state index in [9.17, 15) is 13.6 Å². The normalized spacial score (nSPS) is 18.3. The number of nitrogens with two attached hydrogens (primary N) is 1. The molecule has 0 saturated carbocycles. The molecule has 1 fully saturated rings. The van der Waals surface area contributed by atoms with E-state index in [1.165, 1.54) is 24.3 Å². The average Bonchev–Trinajstić information content (AvgIpc) is 3.28. The van der Waals surface area contributed by atoms with E-state index in [-0.39, 0.29) is 29.1 Å². The van der Waals surface area contributed by atoms with Gasteiger partial charge in [-0.1, -0.05) is 24.3 Å². The van der Waals surface area contributed by atoms with Crippen molar-refractivity contribution in [1.82, 2.24) is 10.6 Å². The standard InChI is InChI=1S/C27H29F2N3O/c1-27(2,30)22-14-25(31-15-22)16-32-26(33)21-12-19(17-3-7-23(28)8-4-17)11-20(13-21)18-5-9-24(29)10-6-18/h3-13,22,25,31H,14-16,30H2,1-2H3,(H,32,33)/t22?,25-/m0/s1. The molecule has 1 saturated heterocycles. The predicted molar refractivity (Wildman–Crippen MR) is 128 cm³/mol. The number of amides is 1. The molecule has 4 N–H and O–H groups in total. The second kappa shape index (κ2) is 9.41. The number of carbonyl (C=O) groups is 1. The number of hydrogen-bond acceptors (Lipinski definition) is 3. The number of carbonyl (C=O) groups excluding carboxylic acids is 1. The van der Waals surface area contributed by atoms with Gasteiger partial charge in [0.05, 0.1) is 0 Å². The highest BCUT2D eigenvalue weighted by atomic mass is 19.1. The Labute approximate surface area is 193 Å². The third kappa shape index (κ3) is 5.64. The summed E-state index contributed by atoms with van der Waals surface area (Å²) in [7, 11) is 0. The van der Waals surface area contributed by atoms with E-state index in [1.54, 1.807) is 36.4 Å². The first-order valence-electron chi connectivity index (χ1n) is 11.2. The highest BCUT2D eigenvalue weighted by Gasteiger charge is 2.33. The molecule has 1 aliphatic rings. The molecule has 6 heteroatoms. The minimum Gasteiger partial charge on any atom is -0.350 e. The molecule has 0 spiro atoms. The van der Waals surface area contributed by atoms with Crippen LogP contribution in [0.15, 0.2) is 66.7 Å². The molecule has 172 valence electrons. The van der Waals surface area contributed by atoms with Crippen LogP contribution in [0.5, 0.6) is 0 Å². The Hall–Kier alpha value is -3.09. The van der Waals surface area contributed by atoms with Gasteiger partial charge in [0.15, 0.2) is 0 Å². The number of hydrogen-bond donors (Lipinski definition) is 3. The van der Waals surface area contributed by atoms with E-state index in [4.69, 9.17) is 5.73 Å². The Kier molecular flexibility index (Phi) is 6.58. The summed E-state index contributed by atoms with van der Waals surface area (Å²) in [6.07, 6.45) is 0.903.